The van der Waals surface area contributed by atoms with E-state index in [1.165, 1.54) is 83.5 Å². The number of unbranched alkanes of at least 4 members (excludes halogenated alkanes) is 18. The summed E-state index contributed by atoms with van der Waals surface area (Å²) in [6.45, 7) is 4.58. The van der Waals surface area contributed by atoms with E-state index in [0.717, 1.165) is 44.9 Å². The highest BCUT2D eigenvalue weighted by atomic mass is 31.2. The van der Waals surface area contributed by atoms with E-state index in [1.54, 1.807) is 0 Å². The molecule has 0 aliphatic carbocycles. The molecule has 0 aliphatic heterocycles. The van der Waals surface area contributed by atoms with Crippen LogP contribution in [0.1, 0.15) is 155 Å². The van der Waals surface area contributed by atoms with E-state index in [1.807, 2.05) is 21.1 Å². The second kappa shape index (κ2) is 26.9. The Hall–Kier alpha value is -0.500. The minimum atomic E-state index is -4.53. The molecule has 1 amide bonds. The largest absolute Gasteiger partial charge is 0.756 e. The zero-order valence-corrected chi connectivity index (χ0v) is 29.1. The Morgan fingerprint density at radius 3 is 1.62 bits per heavy atom. The number of carbonyl (C=O) groups excluding carboxylic acids is 1. The molecule has 0 bridgehead atoms. The maximum absolute atomic E-state index is 12.6. The van der Waals surface area contributed by atoms with E-state index >= 15 is 0 Å². The summed E-state index contributed by atoms with van der Waals surface area (Å²) in [6.07, 6.45) is 24.4. The minimum Gasteiger partial charge on any atom is -0.756 e. The Labute approximate surface area is 259 Å². The predicted molar refractivity (Wildman–Crippen MR) is 173 cm³/mol. The first-order valence-electron chi connectivity index (χ1n) is 17.4. The Bertz CT molecular complexity index is 673. The third kappa shape index (κ3) is 28.3. The molecule has 252 valence electrons. The van der Waals surface area contributed by atoms with Gasteiger partial charge in [0.1, 0.15) is 13.2 Å². The number of phosphoric ester groups is 1. The first-order valence-corrected chi connectivity index (χ1v) is 18.8. The molecule has 0 aromatic rings. The number of hydrogen-bond donors (Lipinski definition) is 2. The molecule has 0 heterocycles. The second-order valence-electron chi connectivity index (χ2n) is 13.2. The van der Waals surface area contributed by atoms with Crippen LogP contribution in [0.2, 0.25) is 0 Å². The molecule has 2 N–H and O–H groups in total. The molecule has 3 atom stereocenters. The van der Waals surface area contributed by atoms with Crippen LogP contribution in [0.25, 0.3) is 0 Å². The van der Waals surface area contributed by atoms with Crippen LogP contribution in [0.4, 0.5) is 0 Å². The fourth-order valence-corrected chi connectivity index (χ4v) is 5.70. The minimum absolute atomic E-state index is 0.0140. The van der Waals surface area contributed by atoms with Crippen molar-refractivity contribution in [3.05, 3.63) is 0 Å². The Morgan fingerprint density at radius 1 is 0.738 bits per heavy atom. The lowest BCUT2D eigenvalue weighted by Crippen LogP contribution is -2.46. The molecule has 0 aliphatic rings. The SMILES string of the molecule is CCCCCCCCCCCCCCCCCCC(=O)NC(COP(=O)([O-])OCC[N+](C)(C)C)C(O)CCCCCC. The van der Waals surface area contributed by atoms with Gasteiger partial charge in [-0.05, 0) is 12.8 Å². The first-order chi connectivity index (χ1) is 20.0. The van der Waals surface area contributed by atoms with Crippen LogP contribution in [0.5, 0.6) is 0 Å². The van der Waals surface area contributed by atoms with Crippen molar-refractivity contribution in [2.45, 2.75) is 167 Å². The molecule has 42 heavy (non-hydrogen) atoms. The van der Waals surface area contributed by atoms with Crippen molar-refractivity contribution >= 4 is 13.7 Å². The van der Waals surface area contributed by atoms with Crippen LogP contribution in [0.15, 0.2) is 0 Å². The fraction of sp³-hybridized carbons (Fsp3) is 0.970. The van der Waals surface area contributed by atoms with E-state index in [2.05, 4.69) is 19.2 Å². The zero-order chi connectivity index (χ0) is 31.5. The topological polar surface area (TPSA) is 108 Å². The summed E-state index contributed by atoms with van der Waals surface area (Å²) in [5.74, 6) is -0.173. The highest BCUT2D eigenvalue weighted by molar-refractivity contribution is 7.45. The van der Waals surface area contributed by atoms with Gasteiger partial charge in [-0.25, -0.2) is 0 Å². The average Bonchev–Trinajstić information content (AvgIpc) is 2.92. The van der Waals surface area contributed by atoms with Crippen molar-refractivity contribution < 1.29 is 32.9 Å². The van der Waals surface area contributed by atoms with Crippen LogP contribution in [0, 0.1) is 0 Å². The lowest BCUT2D eigenvalue weighted by Gasteiger charge is -2.30. The van der Waals surface area contributed by atoms with Gasteiger partial charge in [0.15, 0.2) is 0 Å². The van der Waals surface area contributed by atoms with Gasteiger partial charge in [-0.2, -0.15) is 0 Å². The number of hydrogen-bond acceptors (Lipinski definition) is 6. The standard InChI is InChI=1S/C33H69N2O6P/c1-6-8-10-12-13-14-15-16-17-18-19-20-21-22-23-25-27-33(37)34-31(32(36)26-24-11-9-7-2)30-41-42(38,39)40-29-28-35(3,4)5/h31-32,36H,6-30H2,1-5H3,(H-,34,37,38,39). The van der Waals surface area contributed by atoms with Gasteiger partial charge >= 0.3 is 0 Å². The third-order valence-corrected chi connectivity index (χ3v) is 8.81. The number of nitrogens with zero attached hydrogens (tertiary/aromatic N) is 1. The van der Waals surface area contributed by atoms with Gasteiger partial charge in [-0.1, -0.05) is 136 Å². The third-order valence-electron chi connectivity index (χ3n) is 7.85. The summed E-state index contributed by atoms with van der Waals surface area (Å²) >= 11 is 0. The van der Waals surface area contributed by atoms with Crippen molar-refractivity contribution in [1.82, 2.24) is 5.32 Å². The molecule has 0 radical (unpaired) electrons. The number of aliphatic hydroxyl groups is 1. The molecular weight excluding hydrogens is 551 g/mol. The van der Waals surface area contributed by atoms with E-state index in [4.69, 9.17) is 9.05 Å². The van der Waals surface area contributed by atoms with Crippen molar-refractivity contribution in [2.75, 3.05) is 40.9 Å². The molecule has 9 heteroatoms. The van der Waals surface area contributed by atoms with E-state index in [0.29, 0.717) is 23.9 Å². The summed E-state index contributed by atoms with van der Waals surface area (Å²) < 4.78 is 22.9. The summed E-state index contributed by atoms with van der Waals surface area (Å²) in [6, 6.07) is -0.788. The number of quaternary nitrogens is 1. The molecule has 0 aromatic carbocycles. The van der Waals surface area contributed by atoms with Crippen molar-refractivity contribution in [1.29, 1.82) is 0 Å². The monoisotopic (exact) mass is 620 g/mol. The molecule has 0 fully saturated rings. The normalized spacial score (nSPS) is 14.9. The number of likely N-dealkylation sites (N-methyl/N-ethyl adjacent to an activating group) is 1. The maximum Gasteiger partial charge on any atom is 0.268 e. The molecule has 0 rings (SSSR count). The van der Waals surface area contributed by atoms with Crippen LogP contribution in [0.3, 0.4) is 0 Å². The summed E-state index contributed by atoms with van der Waals surface area (Å²) in [5, 5.41) is 13.5. The number of carbonyl (C=O) groups is 1. The van der Waals surface area contributed by atoms with Gasteiger partial charge in [-0.15, -0.1) is 0 Å². The summed E-state index contributed by atoms with van der Waals surface area (Å²) in [5.41, 5.74) is 0. The highest BCUT2D eigenvalue weighted by Crippen LogP contribution is 2.38. The van der Waals surface area contributed by atoms with Gasteiger partial charge in [0.05, 0.1) is 39.9 Å². The molecule has 0 spiro atoms. The molecule has 0 saturated carbocycles. The number of aliphatic hydroxyl groups excluding tert-OH is 1. The van der Waals surface area contributed by atoms with Crippen molar-refractivity contribution in [2.24, 2.45) is 0 Å². The molecule has 0 saturated heterocycles. The molecule has 3 unspecified atom stereocenters. The second-order valence-corrected chi connectivity index (χ2v) is 14.6. The zero-order valence-electron chi connectivity index (χ0n) is 28.2. The van der Waals surface area contributed by atoms with Crippen LogP contribution >= 0.6 is 7.82 Å². The van der Waals surface area contributed by atoms with Crippen LogP contribution < -0.4 is 10.2 Å². The predicted octanol–water partition coefficient (Wildman–Crippen LogP) is 7.66. The Kier molecular flexibility index (Phi) is 26.5. The first kappa shape index (κ1) is 41.5. The van der Waals surface area contributed by atoms with Gasteiger partial charge in [0.2, 0.25) is 5.91 Å². The van der Waals surface area contributed by atoms with Gasteiger partial charge in [-0.3, -0.25) is 9.36 Å². The average molecular weight is 621 g/mol. The number of nitrogens with one attached hydrogen (secondary N) is 1. The number of amides is 1. The lowest BCUT2D eigenvalue weighted by molar-refractivity contribution is -0.870. The molecular formula is C33H69N2O6P. The smallest absolute Gasteiger partial charge is 0.268 e. The number of rotatable bonds is 31. The molecule has 0 aromatic heterocycles. The maximum atomic E-state index is 12.6. The Balaban J connectivity index is 4.19. The van der Waals surface area contributed by atoms with E-state index < -0.39 is 20.0 Å². The Morgan fingerprint density at radius 2 is 1.17 bits per heavy atom. The van der Waals surface area contributed by atoms with Gasteiger partial charge in [0.25, 0.3) is 7.82 Å². The highest BCUT2D eigenvalue weighted by Gasteiger charge is 2.24. The van der Waals surface area contributed by atoms with Crippen LogP contribution in [-0.2, 0) is 18.4 Å². The molecule has 8 nitrogen and oxygen atoms in total. The van der Waals surface area contributed by atoms with Crippen molar-refractivity contribution in [3.8, 4) is 0 Å². The van der Waals surface area contributed by atoms with Gasteiger partial charge in [0, 0.05) is 6.42 Å². The summed E-state index contributed by atoms with van der Waals surface area (Å²) in [7, 11) is 1.30. The van der Waals surface area contributed by atoms with Crippen molar-refractivity contribution in [3.63, 3.8) is 0 Å². The fourth-order valence-electron chi connectivity index (χ4n) is 4.98. The quantitative estimate of drug-likeness (QED) is 0.0468. The summed E-state index contributed by atoms with van der Waals surface area (Å²) in [4.78, 5) is 24.9. The number of phosphoric acid groups is 1. The lowest BCUT2D eigenvalue weighted by atomic mass is 10.0. The van der Waals surface area contributed by atoms with Crippen LogP contribution in [-0.4, -0.2) is 68.5 Å². The van der Waals surface area contributed by atoms with Gasteiger partial charge < -0.3 is 28.8 Å². The van der Waals surface area contributed by atoms with E-state index in [-0.39, 0.29) is 19.1 Å². The van der Waals surface area contributed by atoms with E-state index in [9.17, 15) is 19.4 Å².